The molecule has 25 heavy (non-hydrogen) atoms. The fraction of sp³-hybridized carbons (Fsp3) is 0.333. The second-order valence-electron chi connectivity index (χ2n) is 6.52. The van der Waals surface area contributed by atoms with Crippen molar-refractivity contribution in [3.05, 3.63) is 52.9 Å². The van der Waals surface area contributed by atoms with E-state index in [1.54, 1.807) is 51.2 Å². The first-order valence-corrected chi connectivity index (χ1v) is 7.80. The average molecular weight is 341 g/mol. The first-order chi connectivity index (χ1) is 11.8. The van der Waals surface area contributed by atoms with Crippen LogP contribution in [-0.4, -0.2) is 33.5 Å². The topological polar surface area (TPSA) is 88.4 Å². The number of carbonyl (C=O) groups is 2. The molecule has 0 unspecified atom stereocenters. The van der Waals surface area contributed by atoms with Gasteiger partial charge in [-0.05, 0) is 37.7 Å². The summed E-state index contributed by atoms with van der Waals surface area (Å²) in [5.41, 5.74) is 1.01. The molecule has 0 aliphatic heterocycles. The lowest BCUT2D eigenvalue weighted by Gasteiger charge is -2.24. The molecule has 130 valence electrons. The number of carbonyl (C=O) groups excluding carboxylic acids is 2. The first kappa shape index (κ1) is 18.2. The number of nitrogens with zero attached hydrogens (tertiary/aromatic N) is 2. The van der Waals surface area contributed by atoms with Crippen molar-refractivity contribution in [1.29, 1.82) is 0 Å². The van der Waals surface area contributed by atoms with E-state index in [1.165, 1.54) is 6.33 Å². The van der Waals surface area contributed by atoms with E-state index in [0.29, 0.717) is 16.9 Å². The molecule has 1 amide bonds. The number of rotatable bonds is 5. The lowest BCUT2D eigenvalue weighted by Crippen LogP contribution is -2.45. The third-order valence-electron chi connectivity index (χ3n) is 3.25. The second-order valence-corrected chi connectivity index (χ2v) is 6.52. The molecule has 0 fully saturated rings. The summed E-state index contributed by atoms with van der Waals surface area (Å²) in [6, 6.07) is 5.57. The van der Waals surface area contributed by atoms with E-state index in [4.69, 9.17) is 11.3 Å². The summed E-state index contributed by atoms with van der Waals surface area (Å²) < 4.78 is 5.40. The van der Waals surface area contributed by atoms with Crippen molar-refractivity contribution in [3.8, 4) is 6.57 Å². The van der Waals surface area contributed by atoms with Gasteiger partial charge in [-0.1, -0.05) is 0 Å². The molecule has 1 aromatic heterocycles. The van der Waals surface area contributed by atoms with Gasteiger partial charge in [0.15, 0.2) is 0 Å². The molecular weight excluding hydrogens is 320 g/mol. The maximum Gasteiger partial charge on any atom is 0.339 e. The van der Waals surface area contributed by atoms with Gasteiger partial charge in [0.05, 0.1) is 6.33 Å². The Labute approximate surface area is 146 Å². The molecule has 1 heterocycles. The van der Waals surface area contributed by atoms with Gasteiger partial charge in [-0.25, -0.2) is 9.78 Å². The van der Waals surface area contributed by atoms with Gasteiger partial charge in [0.25, 0.3) is 12.5 Å². The number of aromatic nitrogens is 2. The minimum atomic E-state index is -0.842. The van der Waals surface area contributed by atoms with Crippen LogP contribution in [0.2, 0.25) is 0 Å². The van der Waals surface area contributed by atoms with Crippen LogP contribution in [0.3, 0.4) is 0 Å². The van der Waals surface area contributed by atoms with Crippen LogP contribution >= 0.6 is 0 Å². The molecule has 0 saturated carbocycles. The van der Waals surface area contributed by atoms with Crippen molar-refractivity contribution in [2.45, 2.75) is 38.8 Å². The lowest BCUT2D eigenvalue weighted by atomic mass is 10.1. The highest BCUT2D eigenvalue weighted by Crippen LogP contribution is 2.14. The van der Waals surface area contributed by atoms with Crippen LogP contribution in [-0.2, 0) is 16.0 Å². The smallest absolute Gasteiger partial charge is 0.339 e. The Hall–Kier alpha value is -3.14. The third kappa shape index (κ3) is 5.46. The van der Waals surface area contributed by atoms with Gasteiger partial charge in [0, 0.05) is 36.0 Å². The molecule has 0 spiro atoms. The average Bonchev–Trinajstić information content (AvgIpc) is 3.05. The SMILES string of the molecule is C#[N+]c1ccc(C(=O)N[C@H](Cc2cnc[nH]2)C(=O)OC(C)(C)C)cc1. The highest BCUT2D eigenvalue weighted by Gasteiger charge is 2.27. The summed E-state index contributed by atoms with van der Waals surface area (Å²) in [5.74, 6) is -0.900. The predicted octanol–water partition coefficient (Wildman–Crippen LogP) is 2.69. The minimum absolute atomic E-state index is 0.247. The zero-order valence-electron chi connectivity index (χ0n) is 14.4. The van der Waals surface area contributed by atoms with Gasteiger partial charge in [-0.2, -0.15) is 0 Å². The number of benzene rings is 1. The summed E-state index contributed by atoms with van der Waals surface area (Å²) in [7, 11) is 0. The van der Waals surface area contributed by atoms with Gasteiger partial charge < -0.3 is 15.0 Å². The molecule has 0 saturated heterocycles. The number of hydrogen-bond donors (Lipinski definition) is 2. The number of imidazole rings is 1. The molecule has 1 aromatic carbocycles. The minimum Gasteiger partial charge on any atom is -0.458 e. The monoisotopic (exact) mass is 341 g/mol. The molecular formula is C18H21N4O3+. The summed E-state index contributed by atoms with van der Waals surface area (Å²) >= 11 is 0. The Balaban J connectivity index is 2.14. The van der Waals surface area contributed by atoms with E-state index in [0.717, 1.165) is 0 Å². The molecule has 0 aliphatic rings. The number of amides is 1. The molecule has 0 bridgehead atoms. The Morgan fingerprint density at radius 3 is 2.52 bits per heavy atom. The van der Waals surface area contributed by atoms with Crippen LogP contribution < -0.4 is 5.32 Å². The molecule has 2 aromatic rings. The Morgan fingerprint density at radius 2 is 2.00 bits per heavy atom. The number of hydrogen-bond acceptors (Lipinski definition) is 4. The number of H-pyrrole nitrogens is 1. The second kappa shape index (κ2) is 7.62. The fourth-order valence-electron chi connectivity index (χ4n) is 2.12. The van der Waals surface area contributed by atoms with Crippen LogP contribution in [0.1, 0.15) is 36.8 Å². The number of esters is 1. The summed E-state index contributed by atoms with van der Waals surface area (Å²) in [5, 5.41) is 2.71. The van der Waals surface area contributed by atoms with Crippen LogP contribution in [0.25, 0.3) is 4.85 Å². The Bertz CT molecular complexity index is 768. The lowest BCUT2D eigenvalue weighted by molar-refractivity contribution is -0.157. The highest BCUT2D eigenvalue weighted by molar-refractivity contribution is 5.97. The standard InChI is InChI=1S/C18H20N4O3/c1-18(2,3)25-17(24)15(9-14-10-20-11-21-14)22-16(23)12-5-7-13(19-4)8-6-12/h4-8,10-11,15H,9H2,1-3H3,(H-,20,21,22,23)/p+1/t15-/m1/s1. The Morgan fingerprint density at radius 1 is 1.32 bits per heavy atom. The van der Waals surface area contributed by atoms with E-state index in [1.807, 2.05) is 0 Å². The van der Waals surface area contributed by atoms with Crippen LogP contribution in [0, 0.1) is 6.57 Å². The van der Waals surface area contributed by atoms with Crippen molar-refractivity contribution >= 4 is 17.6 Å². The van der Waals surface area contributed by atoms with Gasteiger partial charge in [-0.3, -0.25) is 4.79 Å². The summed E-state index contributed by atoms with van der Waals surface area (Å²) in [4.78, 5) is 35.3. The van der Waals surface area contributed by atoms with Gasteiger partial charge >= 0.3 is 11.7 Å². The van der Waals surface area contributed by atoms with E-state index >= 15 is 0 Å². The normalized spacial score (nSPS) is 12.1. The number of nitrogens with one attached hydrogen (secondary N) is 2. The molecule has 1 atom stereocenters. The van der Waals surface area contributed by atoms with Crippen molar-refractivity contribution < 1.29 is 14.3 Å². The van der Waals surface area contributed by atoms with E-state index < -0.39 is 17.6 Å². The van der Waals surface area contributed by atoms with Crippen molar-refractivity contribution in [2.75, 3.05) is 0 Å². The van der Waals surface area contributed by atoms with Crippen molar-refractivity contribution in [3.63, 3.8) is 0 Å². The third-order valence-corrected chi connectivity index (χ3v) is 3.25. The van der Waals surface area contributed by atoms with Crippen molar-refractivity contribution in [1.82, 2.24) is 15.3 Å². The van der Waals surface area contributed by atoms with Crippen LogP contribution in [0.4, 0.5) is 5.69 Å². The molecule has 0 radical (unpaired) electrons. The molecule has 2 rings (SSSR count). The van der Waals surface area contributed by atoms with Gasteiger partial charge in [0.1, 0.15) is 11.6 Å². The molecule has 2 N–H and O–H groups in total. The van der Waals surface area contributed by atoms with Gasteiger partial charge in [0.2, 0.25) is 0 Å². The number of aromatic amines is 1. The predicted molar refractivity (Wildman–Crippen MR) is 93.8 cm³/mol. The molecule has 7 heteroatoms. The van der Waals surface area contributed by atoms with Crippen molar-refractivity contribution in [2.24, 2.45) is 0 Å². The fourth-order valence-corrected chi connectivity index (χ4v) is 2.12. The highest BCUT2D eigenvalue weighted by atomic mass is 16.6. The zero-order valence-corrected chi connectivity index (χ0v) is 14.4. The zero-order chi connectivity index (χ0) is 18.4. The van der Waals surface area contributed by atoms with Crippen LogP contribution in [0.5, 0.6) is 0 Å². The maximum atomic E-state index is 12.4. The van der Waals surface area contributed by atoms with E-state index in [-0.39, 0.29) is 12.3 Å². The summed E-state index contributed by atoms with van der Waals surface area (Å²) in [6.45, 7) is 10.5. The molecule has 7 nitrogen and oxygen atoms in total. The summed E-state index contributed by atoms with van der Waals surface area (Å²) in [6.07, 6.45) is 3.36. The van der Waals surface area contributed by atoms with E-state index in [2.05, 4.69) is 20.1 Å². The van der Waals surface area contributed by atoms with E-state index in [9.17, 15) is 9.59 Å². The maximum absolute atomic E-state index is 12.4. The quantitative estimate of drug-likeness (QED) is 0.819. The van der Waals surface area contributed by atoms with Crippen LogP contribution in [0.15, 0.2) is 36.8 Å². The van der Waals surface area contributed by atoms with Gasteiger partial charge in [-0.15, -0.1) is 0 Å². The first-order valence-electron chi connectivity index (χ1n) is 7.80. The number of ether oxygens (including phenoxy) is 1. The molecule has 0 aliphatic carbocycles. The Kier molecular flexibility index (Phi) is 5.55. The largest absolute Gasteiger partial charge is 0.458 e.